The van der Waals surface area contributed by atoms with Crippen LogP contribution in [0.4, 0.5) is 11.4 Å². The lowest BCUT2D eigenvalue weighted by Crippen LogP contribution is -1.95. The van der Waals surface area contributed by atoms with Gasteiger partial charge < -0.3 is 5.73 Å². The normalized spacial score (nSPS) is 10.2. The summed E-state index contributed by atoms with van der Waals surface area (Å²) in [5.41, 5.74) is 7.21. The molecule has 2 rings (SSSR count). The molecule has 0 spiro atoms. The zero-order valence-electron chi connectivity index (χ0n) is 9.45. The molecule has 0 saturated carbocycles. The molecule has 6 heteroatoms. The largest absolute Gasteiger partial charge is 0.398 e. The number of hydrogen-bond acceptors (Lipinski definition) is 5. The number of aromatic nitrogens is 1. The van der Waals surface area contributed by atoms with Gasteiger partial charge in [0.1, 0.15) is 0 Å². The molecule has 0 saturated heterocycles. The zero-order valence-corrected chi connectivity index (χ0v) is 10.3. The third-order valence-corrected chi connectivity index (χ3v) is 3.44. The van der Waals surface area contributed by atoms with Gasteiger partial charge in [0.15, 0.2) is 0 Å². The molecule has 1 aromatic heterocycles. The standard InChI is InChI=1S/C12H11N3O2S/c13-12-2-1-10(15(16)17)7-9(12)8-18-11-3-5-14-6-4-11/h1-7H,8,13H2. The quantitative estimate of drug-likeness (QED) is 0.396. The first-order valence-electron chi connectivity index (χ1n) is 5.22. The molecular weight excluding hydrogens is 250 g/mol. The Bertz CT molecular complexity index is 561. The summed E-state index contributed by atoms with van der Waals surface area (Å²) >= 11 is 1.57. The number of nitro benzene ring substituents is 1. The van der Waals surface area contributed by atoms with E-state index in [0.717, 1.165) is 10.5 Å². The molecule has 0 fully saturated rings. The molecule has 18 heavy (non-hydrogen) atoms. The number of hydrogen-bond donors (Lipinski definition) is 1. The number of non-ortho nitro benzene ring substituents is 1. The predicted molar refractivity (Wildman–Crippen MR) is 71.3 cm³/mol. The fourth-order valence-electron chi connectivity index (χ4n) is 1.43. The molecule has 0 amide bonds. The van der Waals surface area contributed by atoms with E-state index < -0.39 is 4.92 Å². The van der Waals surface area contributed by atoms with Gasteiger partial charge in [0.05, 0.1) is 4.92 Å². The smallest absolute Gasteiger partial charge is 0.269 e. The molecule has 2 aromatic rings. The first-order chi connectivity index (χ1) is 8.66. The molecule has 0 atom stereocenters. The average Bonchev–Trinajstić information content (AvgIpc) is 2.38. The van der Waals surface area contributed by atoms with Crippen LogP contribution >= 0.6 is 11.8 Å². The molecule has 0 aliphatic carbocycles. The minimum Gasteiger partial charge on any atom is -0.398 e. The van der Waals surface area contributed by atoms with Gasteiger partial charge in [0.25, 0.3) is 5.69 Å². The maximum absolute atomic E-state index is 10.7. The molecule has 0 aliphatic heterocycles. The van der Waals surface area contributed by atoms with Crippen molar-refractivity contribution in [2.24, 2.45) is 0 Å². The van der Waals surface area contributed by atoms with Crippen molar-refractivity contribution in [1.29, 1.82) is 0 Å². The average molecular weight is 261 g/mol. The van der Waals surface area contributed by atoms with Crippen LogP contribution in [0.2, 0.25) is 0 Å². The van der Waals surface area contributed by atoms with Crippen molar-refractivity contribution >= 4 is 23.1 Å². The van der Waals surface area contributed by atoms with E-state index in [1.54, 1.807) is 30.2 Å². The fourth-order valence-corrected chi connectivity index (χ4v) is 2.31. The number of rotatable bonds is 4. The first kappa shape index (κ1) is 12.4. The van der Waals surface area contributed by atoms with Crippen molar-refractivity contribution in [1.82, 2.24) is 4.98 Å². The number of nitrogen functional groups attached to an aromatic ring is 1. The van der Waals surface area contributed by atoms with E-state index in [0.29, 0.717) is 11.4 Å². The lowest BCUT2D eigenvalue weighted by atomic mass is 10.2. The summed E-state index contributed by atoms with van der Waals surface area (Å²) in [6.45, 7) is 0. The molecule has 0 aliphatic rings. The number of nitro groups is 1. The number of nitrogens with zero attached hydrogens (tertiary/aromatic N) is 2. The van der Waals surface area contributed by atoms with E-state index in [2.05, 4.69) is 4.98 Å². The lowest BCUT2D eigenvalue weighted by Gasteiger charge is -2.05. The van der Waals surface area contributed by atoms with Crippen molar-refractivity contribution in [2.75, 3.05) is 5.73 Å². The fraction of sp³-hybridized carbons (Fsp3) is 0.0833. The Morgan fingerprint density at radius 2 is 2.00 bits per heavy atom. The van der Waals surface area contributed by atoms with E-state index in [4.69, 9.17) is 5.73 Å². The Morgan fingerprint density at radius 3 is 2.67 bits per heavy atom. The number of nitrogens with two attached hydrogens (primary N) is 1. The molecule has 5 nitrogen and oxygen atoms in total. The van der Waals surface area contributed by atoms with E-state index in [9.17, 15) is 10.1 Å². The van der Waals surface area contributed by atoms with Crippen LogP contribution in [0.25, 0.3) is 0 Å². The van der Waals surface area contributed by atoms with Crippen LogP contribution in [-0.4, -0.2) is 9.91 Å². The van der Waals surface area contributed by atoms with Crippen molar-refractivity contribution in [3.05, 3.63) is 58.4 Å². The van der Waals surface area contributed by atoms with Gasteiger partial charge in [-0.1, -0.05) is 0 Å². The van der Waals surface area contributed by atoms with Gasteiger partial charge in [-0.3, -0.25) is 15.1 Å². The highest BCUT2D eigenvalue weighted by atomic mass is 32.2. The second-order valence-electron chi connectivity index (χ2n) is 3.61. The van der Waals surface area contributed by atoms with Gasteiger partial charge >= 0.3 is 0 Å². The Labute approximate surface area is 108 Å². The highest BCUT2D eigenvalue weighted by Gasteiger charge is 2.09. The summed E-state index contributed by atoms with van der Waals surface area (Å²) in [5.74, 6) is 0.595. The number of benzene rings is 1. The molecule has 0 unspecified atom stereocenters. The predicted octanol–water partition coefficient (Wildman–Crippen LogP) is 2.86. The number of anilines is 1. The summed E-state index contributed by atoms with van der Waals surface area (Å²) in [5, 5.41) is 10.7. The minimum atomic E-state index is -0.417. The maximum Gasteiger partial charge on any atom is 0.269 e. The van der Waals surface area contributed by atoms with Crippen LogP contribution in [0.15, 0.2) is 47.6 Å². The van der Waals surface area contributed by atoms with Gasteiger partial charge in [-0.05, 0) is 23.8 Å². The summed E-state index contributed by atoms with van der Waals surface area (Å²) in [4.78, 5) is 15.3. The Hall–Kier alpha value is -2.08. The second kappa shape index (κ2) is 5.50. The molecule has 0 bridgehead atoms. The molecule has 1 aromatic carbocycles. The highest BCUT2D eigenvalue weighted by Crippen LogP contribution is 2.27. The monoisotopic (exact) mass is 261 g/mol. The van der Waals surface area contributed by atoms with Gasteiger partial charge in [0, 0.05) is 40.9 Å². The third-order valence-electron chi connectivity index (χ3n) is 2.38. The van der Waals surface area contributed by atoms with Crippen LogP contribution in [0.1, 0.15) is 5.56 Å². The van der Waals surface area contributed by atoms with Gasteiger partial charge in [0.2, 0.25) is 0 Å². The van der Waals surface area contributed by atoms with Gasteiger partial charge in [-0.15, -0.1) is 11.8 Å². The number of thioether (sulfide) groups is 1. The van der Waals surface area contributed by atoms with Crippen LogP contribution < -0.4 is 5.73 Å². The molecule has 0 radical (unpaired) electrons. The van der Waals surface area contributed by atoms with E-state index in [-0.39, 0.29) is 5.69 Å². The summed E-state index contributed by atoms with van der Waals surface area (Å²) in [6, 6.07) is 8.27. The van der Waals surface area contributed by atoms with Crippen molar-refractivity contribution < 1.29 is 4.92 Å². The lowest BCUT2D eigenvalue weighted by molar-refractivity contribution is -0.384. The second-order valence-corrected chi connectivity index (χ2v) is 4.66. The topological polar surface area (TPSA) is 82.0 Å². The molecule has 1 heterocycles. The van der Waals surface area contributed by atoms with Gasteiger partial charge in [-0.2, -0.15) is 0 Å². The highest BCUT2D eigenvalue weighted by molar-refractivity contribution is 7.98. The van der Waals surface area contributed by atoms with Crippen molar-refractivity contribution in [3.63, 3.8) is 0 Å². The van der Waals surface area contributed by atoms with Crippen LogP contribution in [0.5, 0.6) is 0 Å². The van der Waals surface area contributed by atoms with E-state index in [1.165, 1.54) is 12.1 Å². The van der Waals surface area contributed by atoms with Gasteiger partial charge in [-0.25, -0.2) is 0 Å². The Kier molecular flexibility index (Phi) is 3.78. The van der Waals surface area contributed by atoms with Crippen LogP contribution in [0, 0.1) is 10.1 Å². The third kappa shape index (κ3) is 2.98. The van der Waals surface area contributed by atoms with Crippen molar-refractivity contribution in [3.8, 4) is 0 Å². The van der Waals surface area contributed by atoms with Crippen LogP contribution in [0.3, 0.4) is 0 Å². The van der Waals surface area contributed by atoms with Crippen molar-refractivity contribution in [2.45, 2.75) is 10.6 Å². The molecule has 92 valence electrons. The first-order valence-corrected chi connectivity index (χ1v) is 6.21. The Balaban J connectivity index is 2.14. The van der Waals surface area contributed by atoms with E-state index >= 15 is 0 Å². The summed E-state index contributed by atoms with van der Waals surface area (Å²) in [7, 11) is 0. The SMILES string of the molecule is Nc1ccc([N+](=O)[O-])cc1CSc1ccncc1. The van der Waals surface area contributed by atoms with Crippen LogP contribution in [-0.2, 0) is 5.75 Å². The molecular formula is C12H11N3O2S. The van der Waals surface area contributed by atoms with E-state index in [1.807, 2.05) is 12.1 Å². The minimum absolute atomic E-state index is 0.0644. The maximum atomic E-state index is 10.7. The number of pyridine rings is 1. The molecule has 2 N–H and O–H groups in total. The summed E-state index contributed by atoms with van der Waals surface area (Å²) < 4.78 is 0. The zero-order chi connectivity index (χ0) is 13.0. The Morgan fingerprint density at radius 1 is 1.28 bits per heavy atom. The summed E-state index contributed by atoms with van der Waals surface area (Å²) in [6.07, 6.45) is 3.41.